The van der Waals surface area contributed by atoms with Crippen molar-refractivity contribution in [1.29, 1.82) is 0 Å². The van der Waals surface area contributed by atoms with Gasteiger partial charge in [-0.25, -0.2) is 14.4 Å². The number of rotatable bonds is 6. The normalized spacial score (nSPS) is 10.9. The van der Waals surface area contributed by atoms with Gasteiger partial charge in [-0.2, -0.15) is 0 Å². The van der Waals surface area contributed by atoms with Crippen LogP contribution in [0.15, 0.2) is 34.0 Å². The summed E-state index contributed by atoms with van der Waals surface area (Å²) in [7, 11) is 1.26. The van der Waals surface area contributed by atoms with Gasteiger partial charge in [-0.05, 0) is 36.8 Å². The molecule has 0 bridgehead atoms. The van der Waals surface area contributed by atoms with E-state index in [1.807, 2.05) is 0 Å². The Bertz CT molecular complexity index is 926. The van der Waals surface area contributed by atoms with Crippen molar-refractivity contribution in [2.75, 3.05) is 24.4 Å². The Kier molecular flexibility index (Phi) is 7.86. The maximum Gasteiger partial charge on any atom is 0.349 e. The van der Waals surface area contributed by atoms with Gasteiger partial charge in [0, 0.05) is 21.5 Å². The van der Waals surface area contributed by atoms with E-state index in [4.69, 9.17) is 27.9 Å². The van der Waals surface area contributed by atoms with Crippen LogP contribution in [0.25, 0.3) is 6.08 Å². The third-order valence-electron chi connectivity index (χ3n) is 3.32. The number of halogens is 2. The van der Waals surface area contributed by atoms with Crippen molar-refractivity contribution in [3.8, 4) is 0 Å². The van der Waals surface area contributed by atoms with Crippen LogP contribution in [-0.2, 0) is 14.3 Å². The second kappa shape index (κ2) is 10.1. The fourth-order valence-corrected chi connectivity index (χ4v) is 3.17. The smallest absolute Gasteiger partial charge is 0.349 e. The average molecular weight is 443 g/mol. The molecule has 2 N–H and O–H groups in total. The van der Waals surface area contributed by atoms with Gasteiger partial charge in [-0.3, -0.25) is 0 Å². The number of methoxy groups -OCH3 is 1. The van der Waals surface area contributed by atoms with Gasteiger partial charge in [-0.15, -0.1) is 11.3 Å². The van der Waals surface area contributed by atoms with Crippen LogP contribution in [-0.4, -0.2) is 31.7 Å². The lowest BCUT2D eigenvalue weighted by atomic mass is 10.2. The van der Waals surface area contributed by atoms with E-state index in [9.17, 15) is 14.4 Å². The lowest BCUT2D eigenvalue weighted by Gasteiger charge is -2.09. The summed E-state index contributed by atoms with van der Waals surface area (Å²) in [4.78, 5) is 35.5. The first kappa shape index (κ1) is 21.7. The maximum atomic E-state index is 12.2. The Morgan fingerprint density at radius 3 is 2.64 bits per heavy atom. The molecule has 7 nitrogen and oxygen atoms in total. The molecule has 2 amide bonds. The molecule has 0 radical (unpaired) electrons. The minimum absolute atomic E-state index is 0.147. The highest BCUT2D eigenvalue weighted by Gasteiger charge is 2.15. The van der Waals surface area contributed by atoms with E-state index in [2.05, 4.69) is 15.4 Å². The van der Waals surface area contributed by atoms with Gasteiger partial charge in [-0.1, -0.05) is 23.2 Å². The molecule has 0 saturated heterocycles. The van der Waals surface area contributed by atoms with Crippen LogP contribution in [0.2, 0.25) is 5.02 Å². The molecular weight excluding hydrogens is 427 g/mol. The van der Waals surface area contributed by atoms with Crippen LogP contribution < -0.4 is 10.6 Å². The van der Waals surface area contributed by atoms with E-state index in [1.165, 1.54) is 24.5 Å². The highest BCUT2D eigenvalue weighted by Crippen LogP contribution is 2.25. The summed E-state index contributed by atoms with van der Waals surface area (Å²) >= 11 is 13.3. The quantitative estimate of drug-likeness (QED) is 0.486. The Morgan fingerprint density at radius 2 is 1.96 bits per heavy atom. The number of hydrogen-bond donors (Lipinski definition) is 2. The molecule has 0 fully saturated rings. The number of amides is 2. The molecule has 0 aliphatic rings. The molecule has 0 saturated carbocycles. The van der Waals surface area contributed by atoms with Crippen molar-refractivity contribution in [3.05, 3.63) is 50.1 Å². The minimum Gasteiger partial charge on any atom is -0.465 e. The molecule has 0 aliphatic heterocycles. The van der Waals surface area contributed by atoms with E-state index >= 15 is 0 Å². The van der Waals surface area contributed by atoms with Crippen LogP contribution in [0.5, 0.6) is 0 Å². The summed E-state index contributed by atoms with van der Waals surface area (Å²) in [5.74, 6) is -1.23. The Labute approximate surface area is 175 Å². The predicted octanol–water partition coefficient (Wildman–Crippen LogP) is 4.97. The molecule has 10 heteroatoms. The summed E-state index contributed by atoms with van der Waals surface area (Å²) in [6, 6.07) is 4.09. The summed E-state index contributed by atoms with van der Waals surface area (Å²) in [6.45, 7) is 1.85. The third kappa shape index (κ3) is 5.72. The maximum absolute atomic E-state index is 12.2. The minimum atomic E-state index is -0.677. The van der Waals surface area contributed by atoms with E-state index in [1.54, 1.807) is 35.9 Å². The Morgan fingerprint density at radius 1 is 1.21 bits per heavy atom. The first-order valence-electron chi connectivity index (χ1n) is 7.92. The molecule has 28 heavy (non-hydrogen) atoms. The third-order valence-corrected chi connectivity index (χ3v) is 4.67. The number of thiophene rings is 1. The lowest BCUT2D eigenvalue weighted by Crippen LogP contribution is -2.20. The number of esters is 2. The molecule has 1 aromatic heterocycles. The van der Waals surface area contributed by atoms with Gasteiger partial charge in [0.2, 0.25) is 0 Å². The summed E-state index contributed by atoms with van der Waals surface area (Å²) in [6.07, 6.45) is 1.35. The zero-order valence-electron chi connectivity index (χ0n) is 14.9. The topological polar surface area (TPSA) is 93.7 Å². The van der Waals surface area contributed by atoms with E-state index in [0.29, 0.717) is 22.0 Å². The first-order chi connectivity index (χ1) is 13.3. The van der Waals surface area contributed by atoms with Crippen molar-refractivity contribution >= 4 is 70.0 Å². The predicted molar refractivity (Wildman–Crippen MR) is 110 cm³/mol. The lowest BCUT2D eigenvalue weighted by molar-refractivity contribution is -0.137. The molecule has 0 spiro atoms. The zero-order valence-corrected chi connectivity index (χ0v) is 17.2. The van der Waals surface area contributed by atoms with Gasteiger partial charge in [0.15, 0.2) is 0 Å². The Hall–Kier alpha value is -2.55. The standard InChI is InChI=1S/C18H16Cl2N2O5S/c1-3-27-17(24)14(20)7-10-6-11(4-5-13(10)19)21-18(25)22-15-9-28-8-12(15)16(23)26-2/h4-9H,3H2,1-2H3,(H2,21,22,25)/b14-7-. The van der Waals surface area contributed by atoms with Gasteiger partial charge < -0.3 is 20.1 Å². The number of urea groups is 1. The zero-order chi connectivity index (χ0) is 20.7. The van der Waals surface area contributed by atoms with Gasteiger partial charge in [0.25, 0.3) is 0 Å². The van der Waals surface area contributed by atoms with E-state index < -0.39 is 18.0 Å². The van der Waals surface area contributed by atoms with E-state index in [-0.39, 0.29) is 17.2 Å². The molecule has 2 aromatic rings. The molecule has 0 atom stereocenters. The molecule has 0 unspecified atom stereocenters. The van der Waals surface area contributed by atoms with Crippen LogP contribution >= 0.6 is 34.5 Å². The largest absolute Gasteiger partial charge is 0.465 e. The van der Waals surface area contributed by atoms with Crippen molar-refractivity contribution in [2.24, 2.45) is 0 Å². The highest BCUT2D eigenvalue weighted by molar-refractivity contribution is 7.08. The monoisotopic (exact) mass is 442 g/mol. The van der Waals surface area contributed by atoms with Crippen molar-refractivity contribution in [2.45, 2.75) is 6.92 Å². The van der Waals surface area contributed by atoms with Crippen molar-refractivity contribution in [3.63, 3.8) is 0 Å². The number of ether oxygens (including phenoxy) is 2. The average Bonchev–Trinajstić information content (AvgIpc) is 3.11. The summed E-state index contributed by atoms with van der Waals surface area (Å²) in [5, 5.41) is 8.56. The molecular formula is C18H16Cl2N2O5S. The van der Waals surface area contributed by atoms with E-state index in [0.717, 1.165) is 0 Å². The van der Waals surface area contributed by atoms with Gasteiger partial charge in [0.1, 0.15) is 5.03 Å². The van der Waals surface area contributed by atoms with Gasteiger partial charge >= 0.3 is 18.0 Å². The SMILES string of the molecule is CCOC(=O)/C(Cl)=C/c1cc(NC(=O)Nc2cscc2C(=O)OC)ccc1Cl. The Balaban J connectivity index is 2.14. The second-order valence-corrected chi connectivity index (χ2v) is 6.78. The van der Waals surface area contributed by atoms with Gasteiger partial charge in [0.05, 0.1) is 25.0 Å². The van der Waals surface area contributed by atoms with Crippen molar-refractivity contribution in [1.82, 2.24) is 0 Å². The highest BCUT2D eigenvalue weighted by atomic mass is 35.5. The van der Waals surface area contributed by atoms with Crippen LogP contribution in [0, 0.1) is 0 Å². The fraction of sp³-hybridized carbons (Fsp3) is 0.167. The second-order valence-electron chi connectivity index (χ2n) is 5.22. The summed E-state index contributed by atoms with van der Waals surface area (Å²) < 4.78 is 9.47. The number of nitrogens with one attached hydrogen (secondary N) is 2. The number of benzene rings is 1. The molecule has 0 aliphatic carbocycles. The van der Waals surface area contributed by atoms with Crippen LogP contribution in [0.4, 0.5) is 16.2 Å². The van der Waals surface area contributed by atoms with Crippen LogP contribution in [0.1, 0.15) is 22.8 Å². The molecule has 2 rings (SSSR count). The van der Waals surface area contributed by atoms with Crippen molar-refractivity contribution < 1.29 is 23.9 Å². The molecule has 1 aromatic carbocycles. The summed E-state index contributed by atoms with van der Waals surface area (Å²) in [5.41, 5.74) is 1.40. The number of carbonyl (C=O) groups is 3. The number of carbonyl (C=O) groups excluding carboxylic acids is 3. The number of hydrogen-bond acceptors (Lipinski definition) is 6. The van der Waals surface area contributed by atoms with Crippen LogP contribution in [0.3, 0.4) is 0 Å². The number of anilines is 2. The molecule has 148 valence electrons. The molecule has 1 heterocycles. The fourth-order valence-electron chi connectivity index (χ4n) is 2.07. The first-order valence-corrected chi connectivity index (χ1v) is 9.62.